The summed E-state index contributed by atoms with van der Waals surface area (Å²) < 4.78 is 2.21. The first kappa shape index (κ1) is 23.0. The van der Waals surface area contributed by atoms with Gasteiger partial charge in [-0.1, -0.05) is 27.7 Å². The van der Waals surface area contributed by atoms with Crippen LogP contribution in [-0.2, 0) is 13.0 Å². The van der Waals surface area contributed by atoms with Crippen molar-refractivity contribution in [1.82, 2.24) is 14.5 Å². The van der Waals surface area contributed by atoms with Crippen molar-refractivity contribution in [2.45, 2.75) is 47.1 Å². The van der Waals surface area contributed by atoms with E-state index in [4.69, 9.17) is 0 Å². The Hall–Kier alpha value is -3.19. The maximum Gasteiger partial charge on any atom is 0.261 e. The van der Waals surface area contributed by atoms with E-state index >= 15 is 0 Å². The topological polar surface area (TPSA) is 87.2 Å². The minimum atomic E-state index is -0.517. The van der Waals surface area contributed by atoms with Crippen molar-refractivity contribution in [2.75, 3.05) is 25.0 Å². The van der Waals surface area contributed by atoms with Gasteiger partial charge in [0.2, 0.25) is 0 Å². The van der Waals surface area contributed by atoms with Gasteiger partial charge in [-0.25, -0.2) is 0 Å². The van der Waals surface area contributed by atoms with Crippen LogP contribution in [0.1, 0.15) is 60.5 Å². The quantitative estimate of drug-likeness (QED) is 0.570. The van der Waals surface area contributed by atoms with Crippen molar-refractivity contribution in [3.63, 3.8) is 0 Å². The van der Waals surface area contributed by atoms with E-state index < -0.39 is 11.5 Å². The van der Waals surface area contributed by atoms with Gasteiger partial charge in [0.05, 0.1) is 0 Å². The van der Waals surface area contributed by atoms with Crippen LogP contribution < -0.4 is 10.9 Å². The van der Waals surface area contributed by atoms with Gasteiger partial charge >= 0.3 is 0 Å². The number of hydrogen-bond acceptors (Lipinski definition) is 4. The molecule has 0 saturated carbocycles. The average Bonchev–Trinajstić information content (AvgIpc) is 3.15. The molecule has 7 heteroatoms. The second-order valence-electron chi connectivity index (χ2n) is 9.61. The number of benzene rings is 1. The molecule has 2 heterocycles. The number of carbonyl (C=O) groups excluding carboxylic acids is 2. The normalized spacial score (nSPS) is 15.1. The molecule has 0 bridgehead atoms. The van der Waals surface area contributed by atoms with Gasteiger partial charge in [0.25, 0.3) is 11.5 Å². The minimum absolute atomic E-state index is 0.0426. The number of rotatable bonds is 7. The van der Waals surface area contributed by atoms with Crippen molar-refractivity contribution in [3.05, 3.63) is 63.7 Å². The van der Waals surface area contributed by atoms with Crippen LogP contribution >= 0.6 is 0 Å². The Morgan fingerprint density at radius 1 is 1.12 bits per heavy atom. The van der Waals surface area contributed by atoms with Gasteiger partial charge in [0.15, 0.2) is 5.78 Å². The lowest BCUT2D eigenvalue weighted by molar-refractivity contribution is 0.0910. The third kappa shape index (κ3) is 4.78. The van der Waals surface area contributed by atoms with Gasteiger partial charge in [-0.3, -0.25) is 14.4 Å². The van der Waals surface area contributed by atoms with Crippen LogP contribution in [0.5, 0.6) is 0 Å². The highest BCUT2D eigenvalue weighted by molar-refractivity contribution is 6.07. The molecule has 2 aromatic heterocycles. The van der Waals surface area contributed by atoms with Crippen LogP contribution in [0.4, 0.5) is 5.69 Å². The number of Topliss-reactive ketones (excluding diaryl/α,β-unsaturated/α-hetero) is 1. The Labute approximate surface area is 193 Å². The molecule has 0 atom stereocenters. The summed E-state index contributed by atoms with van der Waals surface area (Å²) in [5.74, 6) is -0.559. The van der Waals surface area contributed by atoms with Gasteiger partial charge in [-0.15, -0.1) is 0 Å². The molecule has 0 fully saturated rings. The SMILES string of the molecule is CCN(CC)CCn1ccc2cc(NC(=O)c3cc4c([nH]c3=O)CC(C)(C)CC4=O)ccc21. The third-order valence-electron chi connectivity index (χ3n) is 6.54. The number of pyridine rings is 1. The number of anilines is 1. The molecule has 0 unspecified atom stereocenters. The lowest BCUT2D eigenvalue weighted by Crippen LogP contribution is -2.32. The number of nitrogens with zero attached hydrogens (tertiary/aromatic N) is 2. The Morgan fingerprint density at radius 2 is 1.88 bits per heavy atom. The number of aromatic amines is 1. The van der Waals surface area contributed by atoms with E-state index in [1.165, 1.54) is 6.07 Å². The van der Waals surface area contributed by atoms with E-state index in [0.29, 0.717) is 29.8 Å². The molecule has 1 aromatic carbocycles. The molecular formula is C26H32N4O3. The van der Waals surface area contributed by atoms with E-state index in [1.54, 1.807) is 0 Å². The second kappa shape index (κ2) is 8.98. The van der Waals surface area contributed by atoms with Crippen molar-refractivity contribution in [3.8, 4) is 0 Å². The van der Waals surface area contributed by atoms with Crippen molar-refractivity contribution in [2.24, 2.45) is 5.41 Å². The van der Waals surface area contributed by atoms with Crippen LogP contribution in [0.3, 0.4) is 0 Å². The van der Waals surface area contributed by atoms with Gasteiger partial charge in [-0.2, -0.15) is 0 Å². The largest absolute Gasteiger partial charge is 0.346 e. The van der Waals surface area contributed by atoms with Crippen molar-refractivity contribution in [1.29, 1.82) is 0 Å². The van der Waals surface area contributed by atoms with Crippen molar-refractivity contribution < 1.29 is 9.59 Å². The predicted molar refractivity (Wildman–Crippen MR) is 131 cm³/mol. The van der Waals surface area contributed by atoms with Crippen LogP contribution in [0.15, 0.2) is 41.3 Å². The second-order valence-corrected chi connectivity index (χ2v) is 9.61. The number of carbonyl (C=O) groups is 2. The predicted octanol–water partition coefficient (Wildman–Crippen LogP) is 4.08. The molecule has 1 amide bonds. The molecule has 3 aromatic rings. The molecule has 33 heavy (non-hydrogen) atoms. The third-order valence-corrected chi connectivity index (χ3v) is 6.54. The zero-order valence-electron chi connectivity index (χ0n) is 19.8. The summed E-state index contributed by atoms with van der Waals surface area (Å²) in [7, 11) is 0. The summed E-state index contributed by atoms with van der Waals surface area (Å²) in [5, 5.41) is 3.84. The van der Waals surface area contributed by atoms with Crippen LogP contribution in [0.2, 0.25) is 0 Å². The lowest BCUT2D eigenvalue weighted by atomic mass is 9.75. The number of ketones is 1. The summed E-state index contributed by atoms with van der Waals surface area (Å²) >= 11 is 0. The van der Waals surface area contributed by atoms with Crippen LogP contribution in [0.25, 0.3) is 10.9 Å². The average molecular weight is 449 g/mol. The highest BCUT2D eigenvalue weighted by atomic mass is 16.2. The van der Waals surface area contributed by atoms with Gasteiger partial charge < -0.3 is 19.8 Å². The van der Waals surface area contributed by atoms with Gasteiger partial charge in [-0.05, 0) is 55.3 Å². The number of fused-ring (bicyclic) bond motifs is 2. The molecule has 174 valence electrons. The molecule has 4 rings (SSSR count). The summed E-state index contributed by atoms with van der Waals surface area (Å²) in [5.41, 5.74) is 2.05. The molecule has 0 spiro atoms. The Kier molecular flexibility index (Phi) is 6.26. The van der Waals surface area contributed by atoms with Crippen LogP contribution in [0, 0.1) is 5.41 Å². The molecule has 0 radical (unpaired) electrons. The van der Waals surface area contributed by atoms with E-state index in [2.05, 4.69) is 39.8 Å². The minimum Gasteiger partial charge on any atom is -0.346 e. The molecule has 0 saturated heterocycles. The van der Waals surface area contributed by atoms with Crippen molar-refractivity contribution >= 4 is 28.3 Å². The number of amides is 1. The van der Waals surface area contributed by atoms with E-state index in [1.807, 2.05) is 38.1 Å². The first-order valence-corrected chi connectivity index (χ1v) is 11.6. The zero-order valence-corrected chi connectivity index (χ0v) is 19.8. The van der Waals surface area contributed by atoms with Crippen LogP contribution in [-0.4, -0.2) is 45.8 Å². The first-order valence-electron chi connectivity index (χ1n) is 11.6. The summed E-state index contributed by atoms with van der Waals surface area (Å²) in [6, 6.07) is 9.20. The summed E-state index contributed by atoms with van der Waals surface area (Å²) in [4.78, 5) is 43.2. The first-order chi connectivity index (χ1) is 15.7. The number of aromatic nitrogens is 2. The fourth-order valence-electron chi connectivity index (χ4n) is 4.66. The van der Waals surface area contributed by atoms with E-state index in [9.17, 15) is 14.4 Å². The molecule has 1 aliphatic carbocycles. The van der Waals surface area contributed by atoms with E-state index in [-0.39, 0.29) is 16.8 Å². The van der Waals surface area contributed by atoms with E-state index in [0.717, 1.165) is 37.1 Å². The summed E-state index contributed by atoms with van der Waals surface area (Å²) in [6.07, 6.45) is 3.06. The molecule has 0 aliphatic heterocycles. The standard InChI is InChI=1S/C26H32N4O3/c1-5-29(6-2)11-12-30-10-9-17-13-18(7-8-22(17)30)27-24(32)20-14-19-21(28-25(20)33)15-26(3,4)16-23(19)31/h7-10,13-14H,5-6,11-12,15-16H2,1-4H3,(H,27,32)(H,28,33). The maximum atomic E-state index is 12.9. The zero-order chi connectivity index (χ0) is 23.8. The fraction of sp³-hybridized carbons (Fsp3) is 0.423. The Morgan fingerprint density at radius 3 is 2.61 bits per heavy atom. The lowest BCUT2D eigenvalue weighted by Gasteiger charge is -2.29. The molecule has 7 nitrogen and oxygen atoms in total. The summed E-state index contributed by atoms with van der Waals surface area (Å²) in [6.45, 7) is 12.2. The van der Waals surface area contributed by atoms with Gasteiger partial charge in [0, 0.05) is 53.6 Å². The Bertz CT molecular complexity index is 1260. The molecular weight excluding hydrogens is 416 g/mol. The fourth-order valence-corrected chi connectivity index (χ4v) is 4.66. The molecule has 1 aliphatic rings. The molecule has 2 N–H and O–H groups in total. The Balaban J connectivity index is 1.53. The van der Waals surface area contributed by atoms with Gasteiger partial charge in [0.1, 0.15) is 5.56 Å². The maximum absolute atomic E-state index is 12.9. The smallest absolute Gasteiger partial charge is 0.261 e. The number of H-pyrrole nitrogens is 1. The number of nitrogens with one attached hydrogen (secondary N) is 2. The number of hydrogen-bond donors (Lipinski definition) is 2. The number of likely N-dealkylation sites (N-methyl/N-ethyl adjacent to an activating group) is 1. The monoisotopic (exact) mass is 448 g/mol. The highest BCUT2D eigenvalue weighted by Gasteiger charge is 2.32. The highest BCUT2D eigenvalue weighted by Crippen LogP contribution is 2.33.